The quantitative estimate of drug-likeness (QED) is 0.227. The van der Waals surface area contributed by atoms with Crippen molar-refractivity contribution in [3.63, 3.8) is 0 Å². The van der Waals surface area contributed by atoms with Gasteiger partial charge in [0.1, 0.15) is 0 Å². The lowest BCUT2D eigenvalue weighted by Crippen LogP contribution is -2.05. The summed E-state index contributed by atoms with van der Waals surface area (Å²) < 4.78 is 5.30. The molecule has 0 radical (unpaired) electrons. The van der Waals surface area contributed by atoms with Gasteiger partial charge in [0.15, 0.2) is 0 Å². The van der Waals surface area contributed by atoms with Gasteiger partial charge in [0.2, 0.25) is 0 Å². The van der Waals surface area contributed by atoms with Crippen molar-refractivity contribution >= 4 is 5.97 Å². The molecule has 0 aromatic carbocycles. The Labute approximate surface area is 145 Å². The molecule has 0 rings (SSSR count). The maximum atomic E-state index is 11.6. The summed E-state index contributed by atoms with van der Waals surface area (Å²) in [5.74, 6) is 1.63. The fraction of sp³-hybridized carbons (Fsp3) is 0.952. The molecule has 138 valence electrons. The summed E-state index contributed by atoms with van der Waals surface area (Å²) in [5, 5.41) is 0. The topological polar surface area (TPSA) is 26.3 Å². The molecule has 0 bridgehead atoms. The zero-order valence-corrected chi connectivity index (χ0v) is 16.4. The predicted molar refractivity (Wildman–Crippen MR) is 101 cm³/mol. The summed E-state index contributed by atoms with van der Waals surface area (Å²) in [7, 11) is 0. The lowest BCUT2D eigenvalue weighted by atomic mass is 10.0. The molecular weight excluding hydrogens is 284 g/mol. The highest BCUT2D eigenvalue weighted by Gasteiger charge is 2.03. The van der Waals surface area contributed by atoms with E-state index in [1.165, 1.54) is 57.8 Å². The largest absolute Gasteiger partial charge is 0.466 e. The molecule has 23 heavy (non-hydrogen) atoms. The third-order valence-electron chi connectivity index (χ3n) is 4.35. The van der Waals surface area contributed by atoms with Gasteiger partial charge in [-0.25, -0.2) is 0 Å². The van der Waals surface area contributed by atoms with Crippen LogP contribution in [0.1, 0.15) is 111 Å². The number of ether oxygens (including phenoxy) is 1. The van der Waals surface area contributed by atoms with Crippen LogP contribution in [-0.4, -0.2) is 12.6 Å². The van der Waals surface area contributed by atoms with Crippen molar-refractivity contribution in [1.29, 1.82) is 0 Å². The SMILES string of the molecule is CC(C)CCCCCCCCCOC(=O)CCCCCC(C)C. The molecule has 0 spiro atoms. The van der Waals surface area contributed by atoms with E-state index >= 15 is 0 Å². The van der Waals surface area contributed by atoms with E-state index in [4.69, 9.17) is 4.74 Å². The molecule has 0 fully saturated rings. The number of carbonyl (C=O) groups is 1. The monoisotopic (exact) mass is 326 g/mol. The average Bonchev–Trinajstić information content (AvgIpc) is 2.48. The van der Waals surface area contributed by atoms with Gasteiger partial charge in [0.25, 0.3) is 0 Å². The number of rotatable bonds is 16. The van der Waals surface area contributed by atoms with E-state index in [9.17, 15) is 4.79 Å². The van der Waals surface area contributed by atoms with Gasteiger partial charge in [0, 0.05) is 6.42 Å². The number of unbranched alkanes of at least 4 members (excludes halogenated alkanes) is 8. The van der Waals surface area contributed by atoms with Gasteiger partial charge in [-0.2, -0.15) is 0 Å². The van der Waals surface area contributed by atoms with Crippen LogP contribution in [0.5, 0.6) is 0 Å². The third kappa shape index (κ3) is 19.4. The fourth-order valence-electron chi connectivity index (χ4n) is 2.80. The second kappa shape index (κ2) is 16.3. The summed E-state index contributed by atoms with van der Waals surface area (Å²) in [6, 6.07) is 0. The zero-order valence-electron chi connectivity index (χ0n) is 16.4. The standard InChI is InChI=1S/C21H42O2/c1-19(2)15-11-8-6-5-7-9-14-18-23-21(22)17-13-10-12-16-20(3)4/h19-20H,5-18H2,1-4H3. The molecule has 0 aromatic rings. The Kier molecular flexibility index (Phi) is 16.0. The number of esters is 1. The highest BCUT2D eigenvalue weighted by Crippen LogP contribution is 2.12. The second-order valence-electron chi connectivity index (χ2n) is 7.87. The van der Waals surface area contributed by atoms with Crippen LogP contribution in [-0.2, 0) is 9.53 Å². The maximum Gasteiger partial charge on any atom is 0.305 e. The van der Waals surface area contributed by atoms with Crippen molar-refractivity contribution in [3.8, 4) is 0 Å². The van der Waals surface area contributed by atoms with E-state index in [0.717, 1.165) is 31.1 Å². The first kappa shape index (κ1) is 22.5. The summed E-state index contributed by atoms with van der Waals surface area (Å²) in [4.78, 5) is 11.6. The van der Waals surface area contributed by atoms with Crippen LogP contribution in [0.3, 0.4) is 0 Å². The van der Waals surface area contributed by atoms with Crippen molar-refractivity contribution in [2.75, 3.05) is 6.61 Å². The molecule has 0 aliphatic heterocycles. The van der Waals surface area contributed by atoms with Gasteiger partial charge in [-0.15, -0.1) is 0 Å². The molecule has 0 saturated heterocycles. The summed E-state index contributed by atoms with van der Waals surface area (Å²) >= 11 is 0. The van der Waals surface area contributed by atoms with Crippen LogP contribution in [0, 0.1) is 11.8 Å². The van der Waals surface area contributed by atoms with E-state index in [1.54, 1.807) is 0 Å². The molecule has 0 aliphatic carbocycles. The highest BCUT2D eigenvalue weighted by atomic mass is 16.5. The first-order chi connectivity index (χ1) is 11.0. The van der Waals surface area contributed by atoms with Crippen molar-refractivity contribution in [2.24, 2.45) is 11.8 Å². The van der Waals surface area contributed by atoms with Crippen LogP contribution in [0.15, 0.2) is 0 Å². The van der Waals surface area contributed by atoms with Crippen molar-refractivity contribution in [1.82, 2.24) is 0 Å². The van der Waals surface area contributed by atoms with Crippen LogP contribution in [0.4, 0.5) is 0 Å². The molecule has 0 unspecified atom stereocenters. The van der Waals surface area contributed by atoms with Crippen LogP contribution in [0.25, 0.3) is 0 Å². The minimum absolute atomic E-state index is 0.00299. The van der Waals surface area contributed by atoms with Crippen molar-refractivity contribution in [3.05, 3.63) is 0 Å². The molecule has 0 aliphatic rings. The van der Waals surface area contributed by atoms with Gasteiger partial charge in [-0.1, -0.05) is 91.9 Å². The number of carbonyl (C=O) groups excluding carboxylic acids is 1. The van der Waals surface area contributed by atoms with Gasteiger partial charge >= 0.3 is 5.97 Å². The second-order valence-corrected chi connectivity index (χ2v) is 7.87. The Balaban J connectivity index is 3.17. The summed E-state index contributed by atoms with van der Waals surface area (Å²) in [6.45, 7) is 9.72. The predicted octanol–water partition coefficient (Wildman–Crippen LogP) is 6.91. The molecule has 0 heterocycles. The number of hydrogen-bond donors (Lipinski definition) is 0. The van der Waals surface area contributed by atoms with Gasteiger partial charge in [-0.05, 0) is 24.7 Å². The lowest BCUT2D eigenvalue weighted by molar-refractivity contribution is -0.143. The molecule has 2 nitrogen and oxygen atoms in total. The van der Waals surface area contributed by atoms with E-state index in [-0.39, 0.29) is 5.97 Å². The zero-order chi connectivity index (χ0) is 17.3. The van der Waals surface area contributed by atoms with Crippen LogP contribution < -0.4 is 0 Å². The summed E-state index contributed by atoms with van der Waals surface area (Å²) in [5.41, 5.74) is 0. The molecular formula is C21H42O2. The molecule has 0 N–H and O–H groups in total. The van der Waals surface area contributed by atoms with E-state index < -0.39 is 0 Å². The number of hydrogen-bond acceptors (Lipinski definition) is 2. The molecule has 0 amide bonds. The fourth-order valence-corrected chi connectivity index (χ4v) is 2.80. The van der Waals surface area contributed by atoms with E-state index in [1.807, 2.05) is 0 Å². The normalized spacial score (nSPS) is 11.4. The molecule has 0 aromatic heterocycles. The maximum absolute atomic E-state index is 11.6. The van der Waals surface area contributed by atoms with Crippen molar-refractivity contribution < 1.29 is 9.53 Å². The van der Waals surface area contributed by atoms with E-state index in [0.29, 0.717) is 13.0 Å². The Morgan fingerprint density at radius 1 is 0.652 bits per heavy atom. The molecule has 0 saturated carbocycles. The van der Waals surface area contributed by atoms with Gasteiger partial charge in [-0.3, -0.25) is 4.79 Å². The smallest absolute Gasteiger partial charge is 0.305 e. The lowest BCUT2D eigenvalue weighted by Gasteiger charge is -2.06. The first-order valence-corrected chi connectivity index (χ1v) is 10.2. The van der Waals surface area contributed by atoms with Crippen LogP contribution >= 0.6 is 0 Å². The Morgan fingerprint density at radius 3 is 1.61 bits per heavy atom. The highest BCUT2D eigenvalue weighted by molar-refractivity contribution is 5.69. The van der Waals surface area contributed by atoms with Gasteiger partial charge in [0.05, 0.1) is 6.61 Å². The summed E-state index contributed by atoms with van der Waals surface area (Å²) in [6.07, 6.45) is 15.6. The minimum atomic E-state index is 0.00299. The Hall–Kier alpha value is -0.530. The van der Waals surface area contributed by atoms with Gasteiger partial charge < -0.3 is 4.74 Å². The molecule has 2 heteroatoms. The third-order valence-corrected chi connectivity index (χ3v) is 4.35. The Morgan fingerprint density at radius 2 is 1.09 bits per heavy atom. The Bertz CT molecular complexity index is 259. The minimum Gasteiger partial charge on any atom is -0.466 e. The molecule has 0 atom stereocenters. The van der Waals surface area contributed by atoms with Crippen molar-refractivity contribution in [2.45, 2.75) is 111 Å². The first-order valence-electron chi connectivity index (χ1n) is 10.2. The van der Waals surface area contributed by atoms with Crippen LogP contribution in [0.2, 0.25) is 0 Å². The average molecular weight is 327 g/mol. The van der Waals surface area contributed by atoms with E-state index in [2.05, 4.69) is 27.7 Å².